The fraction of sp³-hybridized carbons (Fsp3) is 0.222. The van der Waals surface area contributed by atoms with Gasteiger partial charge in [-0.1, -0.05) is 18.2 Å². The maximum atomic E-state index is 12.9. The molecule has 0 saturated carbocycles. The number of carbonyl (C=O) groups excluding carboxylic acids is 1. The van der Waals surface area contributed by atoms with E-state index in [-0.39, 0.29) is 15.1 Å². The van der Waals surface area contributed by atoms with Crippen LogP contribution in [0, 0.1) is 6.92 Å². The number of nitrogens with one attached hydrogen (secondary N) is 2. The largest absolute Gasteiger partial charge is 0.480 e. The Kier molecular flexibility index (Phi) is 4.48. The summed E-state index contributed by atoms with van der Waals surface area (Å²) in [5, 5.41) is 12.2. The first-order valence-electron chi connectivity index (χ1n) is 8.03. The first kappa shape index (κ1) is 18.6. The summed E-state index contributed by atoms with van der Waals surface area (Å²) in [6.07, 6.45) is 0. The highest BCUT2D eigenvalue weighted by molar-refractivity contribution is 7.20. The Hall–Kier alpha value is -3.20. The second-order valence-corrected chi connectivity index (χ2v) is 7.54. The van der Waals surface area contributed by atoms with Crippen LogP contribution < -0.4 is 16.6 Å². The van der Waals surface area contributed by atoms with Gasteiger partial charge in [0.1, 0.15) is 10.4 Å². The zero-order valence-electron chi connectivity index (χ0n) is 14.8. The predicted octanol–water partition coefficient (Wildman–Crippen LogP) is 2.13. The number of thiophene rings is 1. The minimum absolute atomic E-state index is 0.132. The number of aromatic nitrogens is 2. The van der Waals surface area contributed by atoms with Crippen molar-refractivity contribution in [3.8, 4) is 0 Å². The van der Waals surface area contributed by atoms with Crippen LogP contribution in [0.1, 0.15) is 29.1 Å². The molecule has 3 rings (SSSR count). The Morgan fingerprint density at radius 1 is 1.19 bits per heavy atom. The lowest BCUT2D eigenvalue weighted by molar-refractivity contribution is -0.146. The molecule has 0 atom stereocenters. The number of carbonyl (C=O) groups is 2. The van der Waals surface area contributed by atoms with Gasteiger partial charge < -0.3 is 10.4 Å². The van der Waals surface area contributed by atoms with Crippen LogP contribution in [0.4, 0.5) is 5.69 Å². The summed E-state index contributed by atoms with van der Waals surface area (Å²) in [6.45, 7) is 4.13. The fourth-order valence-corrected chi connectivity index (χ4v) is 3.83. The molecular weight excluding hydrogens is 370 g/mol. The monoisotopic (exact) mass is 387 g/mol. The number of rotatable bonds is 4. The molecule has 1 aromatic carbocycles. The molecule has 9 heteroatoms. The Morgan fingerprint density at radius 2 is 1.81 bits per heavy atom. The van der Waals surface area contributed by atoms with Gasteiger partial charge in [-0.05, 0) is 38.5 Å². The summed E-state index contributed by atoms with van der Waals surface area (Å²) in [4.78, 5) is 52.3. The lowest BCUT2D eigenvalue weighted by Crippen LogP contribution is -2.50. The van der Waals surface area contributed by atoms with Gasteiger partial charge in [0.25, 0.3) is 11.5 Å². The number of para-hydroxylation sites is 1. The van der Waals surface area contributed by atoms with Crippen molar-refractivity contribution in [2.45, 2.75) is 26.3 Å². The SMILES string of the molecule is Cc1c(C(=O)Nc2ccccc2)sc2[nH]c(=O)n(C(C)(C)C(=O)O)c(=O)c12. The van der Waals surface area contributed by atoms with Crippen molar-refractivity contribution in [3.63, 3.8) is 0 Å². The van der Waals surface area contributed by atoms with E-state index in [1.54, 1.807) is 31.2 Å². The molecule has 0 fully saturated rings. The first-order valence-corrected chi connectivity index (χ1v) is 8.85. The number of benzene rings is 1. The summed E-state index contributed by atoms with van der Waals surface area (Å²) in [7, 11) is 0. The summed E-state index contributed by atoms with van der Waals surface area (Å²) in [5.74, 6) is -1.73. The van der Waals surface area contributed by atoms with Gasteiger partial charge in [-0.2, -0.15) is 0 Å². The zero-order chi connectivity index (χ0) is 19.9. The number of aromatic amines is 1. The summed E-state index contributed by atoms with van der Waals surface area (Å²) >= 11 is 0.979. The van der Waals surface area contributed by atoms with Gasteiger partial charge in [0.2, 0.25) is 0 Å². The van der Waals surface area contributed by atoms with Crippen LogP contribution in [-0.4, -0.2) is 26.5 Å². The third kappa shape index (κ3) is 3.06. The second kappa shape index (κ2) is 6.51. The third-order valence-electron chi connectivity index (χ3n) is 4.31. The fourth-order valence-electron chi connectivity index (χ4n) is 2.75. The third-order valence-corrected chi connectivity index (χ3v) is 5.51. The van der Waals surface area contributed by atoms with E-state index in [9.17, 15) is 24.3 Å². The lowest BCUT2D eigenvalue weighted by atomic mass is 10.1. The average Bonchev–Trinajstić information content (AvgIpc) is 2.92. The molecule has 3 N–H and O–H groups in total. The number of anilines is 1. The van der Waals surface area contributed by atoms with Crippen LogP contribution in [0.2, 0.25) is 0 Å². The van der Waals surface area contributed by atoms with Gasteiger partial charge in [0.05, 0.1) is 10.3 Å². The minimum Gasteiger partial charge on any atom is -0.480 e. The summed E-state index contributed by atoms with van der Waals surface area (Å²) in [5.41, 5.74) is -2.33. The molecule has 2 heterocycles. The lowest BCUT2D eigenvalue weighted by Gasteiger charge is -2.21. The second-order valence-electron chi connectivity index (χ2n) is 6.52. The van der Waals surface area contributed by atoms with Crippen molar-refractivity contribution in [1.29, 1.82) is 0 Å². The van der Waals surface area contributed by atoms with E-state index in [1.807, 2.05) is 6.07 Å². The van der Waals surface area contributed by atoms with Gasteiger partial charge in [-0.25, -0.2) is 14.2 Å². The Bertz CT molecular complexity index is 1170. The van der Waals surface area contributed by atoms with Crippen molar-refractivity contribution in [1.82, 2.24) is 9.55 Å². The number of amides is 1. The molecule has 0 saturated heterocycles. The average molecular weight is 387 g/mol. The normalized spacial score (nSPS) is 11.5. The number of hydrogen-bond donors (Lipinski definition) is 3. The van der Waals surface area contributed by atoms with E-state index >= 15 is 0 Å². The van der Waals surface area contributed by atoms with E-state index in [2.05, 4.69) is 10.3 Å². The number of hydrogen-bond acceptors (Lipinski definition) is 5. The zero-order valence-corrected chi connectivity index (χ0v) is 15.6. The molecule has 0 unspecified atom stereocenters. The molecule has 0 aliphatic carbocycles. The summed E-state index contributed by atoms with van der Waals surface area (Å²) < 4.78 is 0.663. The van der Waals surface area contributed by atoms with Crippen molar-refractivity contribution < 1.29 is 14.7 Å². The number of nitrogens with zero attached hydrogens (tertiary/aromatic N) is 1. The standard InChI is InChI=1S/C18H17N3O5S/c1-9-11-14(20-17(26)21(15(11)23)18(2,3)16(24)25)27-12(9)13(22)19-10-7-5-4-6-8-10/h4-8H,1-3H3,(H,19,22)(H,20,26)(H,24,25). The van der Waals surface area contributed by atoms with Crippen LogP contribution in [0.15, 0.2) is 39.9 Å². The van der Waals surface area contributed by atoms with E-state index in [0.717, 1.165) is 11.3 Å². The number of H-pyrrole nitrogens is 1. The number of aliphatic carboxylic acids is 1. The molecule has 1 amide bonds. The summed E-state index contributed by atoms with van der Waals surface area (Å²) in [6, 6.07) is 8.82. The highest BCUT2D eigenvalue weighted by Crippen LogP contribution is 2.27. The van der Waals surface area contributed by atoms with E-state index in [0.29, 0.717) is 15.8 Å². The van der Waals surface area contributed by atoms with E-state index in [4.69, 9.17) is 0 Å². The van der Waals surface area contributed by atoms with E-state index < -0.39 is 28.7 Å². The van der Waals surface area contributed by atoms with Crippen LogP contribution in [0.5, 0.6) is 0 Å². The Labute approximate surface area is 157 Å². The molecule has 3 aromatic rings. The Balaban J connectivity index is 2.17. The number of aryl methyl sites for hydroxylation is 1. The van der Waals surface area contributed by atoms with Crippen molar-refractivity contribution in [2.75, 3.05) is 5.32 Å². The smallest absolute Gasteiger partial charge is 0.330 e. The van der Waals surface area contributed by atoms with E-state index in [1.165, 1.54) is 13.8 Å². The van der Waals surface area contributed by atoms with Crippen LogP contribution in [0.3, 0.4) is 0 Å². The first-order chi connectivity index (χ1) is 12.6. The van der Waals surface area contributed by atoms with Crippen molar-refractivity contribution >= 4 is 39.1 Å². The van der Waals surface area contributed by atoms with Gasteiger partial charge in [-0.15, -0.1) is 11.3 Å². The maximum absolute atomic E-state index is 12.9. The van der Waals surface area contributed by atoms with Gasteiger partial charge in [-0.3, -0.25) is 14.6 Å². The molecule has 140 valence electrons. The number of carboxylic acid groups (broad SMARTS) is 1. The molecule has 8 nitrogen and oxygen atoms in total. The molecule has 0 aliphatic rings. The molecule has 2 aromatic heterocycles. The molecule has 0 spiro atoms. The van der Waals surface area contributed by atoms with Crippen LogP contribution in [-0.2, 0) is 10.3 Å². The van der Waals surface area contributed by atoms with Gasteiger partial charge in [0.15, 0.2) is 0 Å². The molecule has 27 heavy (non-hydrogen) atoms. The van der Waals surface area contributed by atoms with Gasteiger partial charge >= 0.3 is 11.7 Å². The maximum Gasteiger partial charge on any atom is 0.330 e. The topological polar surface area (TPSA) is 121 Å². The quantitative estimate of drug-likeness (QED) is 0.633. The molecule has 0 radical (unpaired) electrons. The highest BCUT2D eigenvalue weighted by atomic mass is 32.1. The van der Waals surface area contributed by atoms with Crippen LogP contribution >= 0.6 is 11.3 Å². The molecule has 0 aliphatic heterocycles. The highest BCUT2D eigenvalue weighted by Gasteiger charge is 2.34. The minimum atomic E-state index is -1.74. The number of fused-ring (bicyclic) bond motifs is 1. The van der Waals surface area contributed by atoms with Gasteiger partial charge in [0, 0.05) is 5.69 Å². The van der Waals surface area contributed by atoms with Crippen molar-refractivity contribution in [3.05, 3.63) is 61.6 Å². The Morgan fingerprint density at radius 3 is 2.41 bits per heavy atom. The van der Waals surface area contributed by atoms with Crippen molar-refractivity contribution in [2.24, 2.45) is 0 Å². The number of carboxylic acids is 1. The predicted molar refractivity (Wildman–Crippen MR) is 103 cm³/mol. The van der Waals surface area contributed by atoms with Crippen LogP contribution in [0.25, 0.3) is 10.2 Å². The molecule has 0 bridgehead atoms. The molecular formula is C18H17N3O5S.